The first-order valence-electron chi connectivity index (χ1n) is 12.7. The second-order valence-electron chi connectivity index (χ2n) is 10.9. The van der Waals surface area contributed by atoms with Crippen molar-refractivity contribution in [3.63, 3.8) is 0 Å². The third-order valence-electron chi connectivity index (χ3n) is 7.35. The molecular weight excluding hydrogens is 483 g/mol. The molecule has 1 unspecified atom stereocenters. The number of amides is 1. The highest BCUT2D eigenvalue weighted by Gasteiger charge is 2.37. The standard InChI is InChI=1S/C30H31FN4O3/c1-30(2,3)22-11-9-19(15-23(22)31)16-26(36)29-21-10-12-27(37)33(4)25(21)13-14-34(29)28(38)18-35-24-8-6-5-7-20(24)17-32-35/h5-12,15,17,29H,13-14,16,18H2,1-4H3. The summed E-state index contributed by atoms with van der Waals surface area (Å²) >= 11 is 0. The van der Waals surface area contributed by atoms with Crippen molar-refractivity contribution in [1.82, 2.24) is 19.2 Å². The summed E-state index contributed by atoms with van der Waals surface area (Å²) < 4.78 is 18.1. The van der Waals surface area contributed by atoms with Gasteiger partial charge in [0.2, 0.25) is 11.5 Å². The van der Waals surface area contributed by atoms with E-state index in [1.807, 2.05) is 45.0 Å². The molecular formula is C30H31FN4O3. The number of benzene rings is 2. The van der Waals surface area contributed by atoms with Crippen LogP contribution in [-0.4, -0.2) is 37.5 Å². The molecule has 0 fully saturated rings. The van der Waals surface area contributed by atoms with Crippen LogP contribution in [0.4, 0.5) is 4.39 Å². The first kappa shape index (κ1) is 25.6. The van der Waals surface area contributed by atoms with Crippen LogP contribution < -0.4 is 5.56 Å². The molecule has 0 radical (unpaired) electrons. The summed E-state index contributed by atoms with van der Waals surface area (Å²) in [6.45, 7) is 6.08. The molecule has 1 aliphatic rings. The lowest BCUT2D eigenvalue weighted by Gasteiger charge is -2.37. The Balaban J connectivity index is 1.48. The highest BCUT2D eigenvalue weighted by Crippen LogP contribution is 2.32. The number of carbonyl (C=O) groups is 2. The Morgan fingerprint density at radius 3 is 2.58 bits per heavy atom. The molecule has 8 heteroatoms. The summed E-state index contributed by atoms with van der Waals surface area (Å²) in [6.07, 6.45) is 2.12. The number of para-hydroxylation sites is 1. The number of pyridine rings is 1. The Morgan fingerprint density at radius 1 is 1.08 bits per heavy atom. The van der Waals surface area contributed by atoms with E-state index in [-0.39, 0.29) is 48.0 Å². The van der Waals surface area contributed by atoms with Crippen LogP contribution in [-0.2, 0) is 41.4 Å². The van der Waals surface area contributed by atoms with Gasteiger partial charge in [0.1, 0.15) is 18.4 Å². The molecule has 4 aromatic rings. The molecule has 0 spiro atoms. The predicted molar refractivity (Wildman–Crippen MR) is 143 cm³/mol. The molecule has 1 atom stereocenters. The second-order valence-corrected chi connectivity index (χ2v) is 10.9. The number of Topliss-reactive ketones (excluding diaryl/α,β-unsaturated/α-hetero) is 1. The number of carbonyl (C=O) groups excluding carboxylic acids is 2. The zero-order valence-corrected chi connectivity index (χ0v) is 22.1. The molecule has 0 saturated carbocycles. The van der Waals surface area contributed by atoms with Crippen molar-refractivity contribution in [2.45, 2.75) is 51.6 Å². The first-order chi connectivity index (χ1) is 18.0. The number of nitrogens with zero attached hydrogens (tertiary/aromatic N) is 4. The maximum absolute atomic E-state index is 14.9. The lowest BCUT2D eigenvalue weighted by Crippen LogP contribution is -2.46. The molecule has 5 rings (SSSR count). The zero-order valence-electron chi connectivity index (χ0n) is 22.1. The Labute approximate surface area is 220 Å². The average Bonchev–Trinajstić information content (AvgIpc) is 3.27. The number of fused-ring (bicyclic) bond motifs is 2. The van der Waals surface area contributed by atoms with E-state index < -0.39 is 6.04 Å². The lowest BCUT2D eigenvalue weighted by atomic mass is 9.85. The minimum absolute atomic E-state index is 0.0205. The van der Waals surface area contributed by atoms with Crippen LogP contribution >= 0.6 is 0 Å². The van der Waals surface area contributed by atoms with E-state index in [0.29, 0.717) is 23.1 Å². The molecule has 0 saturated heterocycles. The van der Waals surface area contributed by atoms with Crippen molar-refractivity contribution in [3.8, 4) is 0 Å². The summed E-state index contributed by atoms with van der Waals surface area (Å²) in [6, 6.07) is 14.7. The van der Waals surface area contributed by atoms with Crippen LogP contribution in [0, 0.1) is 5.82 Å². The van der Waals surface area contributed by atoms with Crippen LogP contribution in [0.2, 0.25) is 0 Å². The number of hydrogen-bond donors (Lipinski definition) is 0. The van der Waals surface area contributed by atoms with E-state index in [2.05, 4.69) is 5.10 Å². The summed E-state index contributed by atoms with van der Waals surface area (Å²) in [5.41, 5.74) is 2.79. The fourth-order valence-electron chi connectivity index (χ4n) is 5.34. The molecule has 2 aromatic heterocycles. The van der Waals surface area contributed by atoms with Crippen LogP contribution in [0.25, 0.3) is 10.9 Å². The molecule has 1 aliphatic heterocycles. The molecule has 7 nitrogen and oxygen atoms in total. The van der Waals surface area contributed by atoms with Gasteiger partial charge in [0, 0.05) is 49.1 Å². The summed E-state index contributed by atoms with van der Waals surface area (Å²) in [5.74, 6) is -0.829. The third kappa shape index (κ3) is 4.66. The van der Waals surface area contributed by atoms with Gasteiger partial charge in [0.15, 0.2) is 5.78 Å². The SMILES string of the molecule is Cn1c2c(ccc1=O)C(C(=O)Cc1ccc(C(C)(C)C)c(F)c1)N(C(=O)Cn1ncc3ccccc31)CC2. The molecule has 38 heavy (non-hydrogen) atoms. The first-order valence-corrected chi connectivity index (χ1v) is 12.7. The van der Waals surface area contributed by atoms with Crippen LogP contribution in [0.1, 0.15) is 49.2 Å². The van der Waals surface area contributed by atoms with Gasteiger partial charge >= 0.3 is 0 Å². The maximum atomic E-state index is 14.9. The fraction of sp³-hybridized carbons (Fsp3) is 0.333. The Hall–Kier alpha value is -4.07. The van der Waals surface area contributed by atoms with Gasteiger partial charge < -0.3 is 9.47 Å². The van der Waals surface area contributed by atoms with Crippen molar-refractivity contribution in [3.05, 3.63) is 99.3 Å². The number of ketones is 1. The van der Waals surface area contributed by atoms with E-state index in [9.17, 15) is 18.8 Å². The Kier molecular flexibility index (Phi) is 6.51. The number of aromatic nitrogens is 3. The number of hydrogen-bond acceptors (Lipinski definition) is 4. The van der Waals surface area contributed by atoms with Gasteiger partial charge in [-0.3, -0.25) is 19.1 Å². The summed E-state index contributed by atoms with van der Waals surface area (Å²) in [5, 5.41) is 5.30. The van der Waals surface area contributed by atoms with E-state index in [1.165, 1.54) is 16.7 Å². The summed E-state index contributed by atoms with van der Waals surface area (Å²) in [7, 11) is 1.68. The Morgan fingerprint density at radius 2 is 1.84 bits per heavy atom. The molecule has 1 amide bonds. The molecule has 2 aromatic carbocycles. The van der Waals surface area contributed by atoms with Gasteiger partial charge in [-0.25, -0.2) is 4.39 Å². The topological polar surface area (TPSA) is 77.2 Å². The third-order valence-corrected chi connectivity index (χ3v) is 7.35. The van der Waals surface area contributed by atoms with Gasteiger partial charge in [-0.2, -0.15) is 5.10 Å². The van der Waals surface area contributed by atoms with E-state index in [0.717, 1.165) is 16.6 Å². The van der Waals surface area contributed by atoms with Crippen molar-refractivity contribution >= 4 is 22.6 Å². The number of halogens is 1. The highest BCUT2D eigenvalue weighted by atomic mass is 19.1. The van der Waals surface area contributed by atoms with Gasteiger partial charge in [-0.15, -0.1) is 0 Å². The second kappa shape index (κ2) is 9.67. The highest BCUT2D eigenvalue weighted by molar-refractivity contribution is 5.92. The van der Waals surface area contributed by atoms with E-state index in [4.69, 9.17) is 0 Å². The number of rotatable bonds is 5. The molecule has 196 valence electrons. The predicted octanol–water partition coefficient (Wildman–Crippen LogP) is 4.11. The van der Waals surface area contributed by atoms with E-state index >= 15 is 0 Å². The minimum atomic E-state index is -0.884. The zero-order chi connectivity index (χ0) is 27.2. The van der Waals surface area contributed by atoms with Crippen molar-refractivity contribution in [1.29, 1.82) is 0 Å². The Bertz CT molecular complexity index is 1610. The smallest absolute Gasteiger partial charge is 0.250 e. The average molecular weight is 515 g/mol. The van der Waals surface area contributed by atoms with Crippen LogP contribution in [0.15, 0.2) is 65.6 Å². The fourth-order valence-corrected chi connectivity index (χ4v) is 5.34. The van der Waals surface area contributed by atoms with Gasteiger partial charge in [-0.05, 0) is 34.7 Å². The van der Waals surface area contributed by atoms with Crippen molar-refractivity contribution in [2.24, 2.45) is 7.05 Å². The van der Waals surface area contributed by atoms with Crippen molar-refractivity contribution < 1.29 is 14.0 Å². The van der Waals surface area contributed by atoms with Gasteiger partial charge in [-0.1, -0.05) is 51.1 Å². The van der Waals surface area contributed by atoms with Crippen LogP contribution in [0.3, 0.4) is 0 Å². The summed E-state index contributed by atoms with van der Waals surface area (Å²) in [4.78, 5) is 41.3. The maximum Gasteiger partial charge on any atom is 0.250 e. The lowest BCUT2D eigenvalue weighted by molar-refractivity contribution is -0.141. The molecule has 0 N–H and O–H groups in total. The van der Waals surface area contributed by atoms with Crippen LogP contribution in [0.5, 0.6) is 0 Å². The van der Waals surface area contributed by atoms with Gasteiger partial charge in [0.05, 0.1) is 11.7 Å². The molecule has 3 heterocycles. The quantitative estimate of drug-likeness (QED) is 0.402. The molecule has 0 bridgehead atoms. The largest absolute Gasteiger partial charge is 0.326 e. The molecule has 0 aliphatic carbocycles. The van der Waals surface area contributed by atoms with E-state index in [1.54, 1.807) is 41.0 Å². The normalized spacial score (nSPS) is 15.5. The van der Waals surface area contributed by atoms with Gasteiger partial charge in [0.25, 0.3) is 0 Å². The monoisotopic (exact) mass is 514 g/mol. The van der Waals surface area contributed by atoms with Crippen molar-refractivity contribution in [2.75, 3.05) is 6.54 Å². The minimum Gasteiger partial charge on any atom is -0.326 e.